The molecule has 0 aliphatic rings. The van der Waals surface area contributed by atoms with Gasteiger partial charge in [0.2, 0.25) is 5.91 Å². The van der Waals surface area contributed by atoms with Crippen molar-refractivity contribution in [3.63, 3.8) is 0 Å². The molecule has 0 fully saturated rings. The highest BCUT2D eigenvalue weighted by atomic mass is 32.2. The minimum Gasteiger partial charge on any atom is -0.321 e. The Morgan fingerprint density at radius 1 is 1.11 bits per heavy atom. The summed E-state index contributed by atoms with van der Waals surface area (Å²) in [5.74, 6) is -0.0624. The fourth-order valence-electron chi connectivity index (χ4n) is 2.80. The summed E-state index contributed by atoms with van der Waals surface area (Å²) in [5.41, 5.74) is 4.21. The molecule has 1 amide bonds. The molecule has 6 nitrogen and oxygen atoms in total. The molecule has 7 heteroatoms. The highest BCUT2D eigenvalue weighted by molar-refractivity contribution is 8.00. The van der Waals surface area contributed by atoms with Crippen LogP contribution in [0.3, 0.4) is 0 Å². The average molecular weight is 388 g/mol. The number of nitrogens with one attached hydrogen (secondary N) is 2. The van der Waals surface area contributed by atoms with Crippen molar-refractivity contribution in [2.45, 2.75) is 4.90 Å². The second kappa shape index (κ2) is 8.06. The molecule has 0 aliphatic heterocycles. The molecule has 2 aromatic carbocycles. The minimum absolute atomic E-state index is 0.196. The molecule has 0 radical (unpaired) electrons. The van der Waals surface area contributed by atoms with Gasteiger partial charge >= 0.3 is 0 Å². The number of fused-ring (bicyclic) bond motifs is 2. The number of aromatic amines is 1. The monoisotopic (exact) mass is 388 g/mol. The lowest BCUT2D eigenvalue weighted by Gasteiger charge is -2.04. The number of amides is 1. The van der Waals surface area contributed by atoms with Crippen molar-refractivity contribution >= 4 is 45.7 Å². The lowest BCUT2D eigenvalue weighted by Crippen LogP contribution is -2.20. The first-order valence-electron chi connectivity index (χ1n) is 8.61. The van der Waals surface area contributed by atoms with Gasteiger partial charge in [-0.25, -0.2) is 5.43 Å². The first-order valence-corrected chi connectivity index (χ1v) is 9.60. The van der Waals surface area contributed by atoms with E-state index in [4.69, 9.17) is 0 Å². The zero-order valence-electron chi connectivity index (χ0n) is 14.8. The summed E-state index contributed by atoms with van der Waals surface area (Å²) < 4.78 is 0. The number of benzene rings is 2. The van der Waals surface area contributed by atoms with E-state index in [1.165, 1.54) is 18.0 Å². The number of nitrogens with zero attached hydrogens (tertiary/aromatic N) is 2. The largest absolute Gasteiger partial charge is 0.321 e. The van der Waals surface area contributed by atoms with Gasteiger partial charge in [-0.05, 0) is 29.7 Å². The van der Waals surface area contributed by atoms with Gasteiger partial charge in [-0.1, -0.05) is 36.4 Å². The van der Waals surface area contributed by atoms with Gasteiger partial charge in [-0.3, -0.25) is 14.6 Å². The topological polar surface area (TPSA) is 87.2 Å². The van der Waals surface area contributed by atoms with E-state index in [-0.39, 0.29) is 17.2 Å². The van der Waals surface area contributed by atoms with E-state index in [1.807, 2.05) is 54.6 Å². The van der Waals surface area contributed by atoms with Gasteiger partial charge in [0.05, 0.1) is 23.0 Å². The van der Waals surface area contributed by atoms with Crippen LogP contribution in [0, 0.1) is 0 Å². The van der Waals surface area contributed by atoms with E-state index in [9.17, 15) is 9.59 Å². The zero-order valence-corrected chi connectivity index (χ0v) is 15.6. The Hall–Kier alpha value is -3.45. The van der Waals surface area contributed by atoms with E-state index < -0.39 is 0 Å². The van der Waals surface area contributed by atoms with Crippen molar-refractivity contribution in [3.05, 3.63) is 82.8 Å². The van der Waals surface area contributed by atoms with Crippen molar-refractivity contribution in [2.75, 3.05) is 5.75 Å². The quantitative estimate of drug-likeness (QED) is 0.312. The van der Waals surface area contributed by atoms with E-state index in [0.29, 0.717) is 5.56 Å². The lowest BCUT2D eigenvalue weighted by molar-refractivity contribution is -0.118. The van der Waals surface area contributed by atoms with Crippen molar-refractivity contribution in [1.29, 1.82) is 0 Å². The average Bonchev–Trinajstić information content (AvgIpc) is 2.72. The normalized spacial score (nSPS) is 11.3. The molecule has 4 aromatic rings. The Morgan fingerprint density at radius 2 is 1.93 bits per heavy atom. The van der Waals surface area contributed by atoms with Gasteiger partial charge in [0.25, 0.3) is 5.56 Å². The Bertz CT molecular complexity index is 1240. The Labute approximate surface area is 164 Å². The van der Waals surface area contributed by atoms with Crippen molar-refractivity contribution in [3.8, 4) is 0 Å². The van der Waals surface area contributed by atoms with Crippen molar-refractivity contribution in [2.24, 2.45) is 5.10 Å². The number of H-pyrrole nitrogens is 1. The van der Waals surface area contributed by atoms with Gasteiger partial charge in [0.15, 0.2) is 0 Å². The number of aromatic nitrogens is 2. The molecule has 0 saturated heterocycles. The number of carbonyl (C=O) groups is 1. The number of hydrazone groups is 1. The summed E-state index contributed by atoms with van der Waals surface area (Å²) in [6.07, 6.45) is 3.09. The molecule has 0 atom stereocenters. The number of carbonyl (C=O) groups excluding carboxylic acids is 1. The summed E-state index contributed by atoms with van der Waals surface area (Å²) in [7, 11) is 0. The molecule has 4 rings (SSSR count). The molecule has 0 bridgehead atoms. The fourth-order valence-corrected chi connectivity index (χ4v) is 3.64. The summed E-state index contributed by atoms with van der Waals surface area (Å²) in [6, 6.07) is 18.9. The Kier molecular flexibility index (Phi) is 5.16. The zero-order chi connectivity index (χ0) is 19.3. The first kappa shape index (κ1) is 17.9. The highest BCUT2D eigenvalue weighted by Gasteiger charge is 2.06. The van der Waals surface area contributed by atoms with Crippen LogP contribution < -0.4 is 11.0 Å². The van der Waals surface area contributed by atoms with Crippen LogP contribution in [0.5, 0.6) is 0 Å². The SMILES string of the molecule is O=C(CSc1cccc2cccnc12)N/N=C/c1cc2ccccc2[nH]c1=O. The summed E-state index contributed by atoms with van der Waals surface area (Å²) >= 11 is 1.39. The molecule has 0 unspecified atom stereocenters. The number of para-hydroxylation sites is 2. The number of hydrogen-bond acceptors (Lipinski definition) is 5. The maximum atomic E-state index is 12.1. The van der Waals surface area contributed by atoms with Crippen LogP contribution >= 0.6 is 11.8 Å². The number of pyridine rings is 2. The molecule has 0 spiro atoms. The molecule has 138 valence electrons. The second-order valence-electron chi connectivity index (χ2n) is 6.05. The third kappa shape index (κ3) is 3.94. The van der Waals surface area contributed by atoms with Crippen LogP contribution in [0.25, 0.3) is 21.8 Å². The van der Waals surface area contributed by atoms with Crippen molar-refractivity contribution < 1.29 is 4.79 Å². The van der Waals surface area contributed by atoms with Gasteiger partial charge in [-0.15, -0.1) is 11.8 Å². The fraction of sp³-hybridized carbons (Fsp3) is 0.0476. The van der Waals surface area contributed by atoms with Gasteiger partial charge in [0, 0.05) is 22.0 Å². The molecule has 2 aromatic heterocycles. The van der Waals surface area contributed by atoms with Crippen LogP contribution in [-0.4, -0.2) is 27.8 Å². The summed E-state index contributed by atoms with van der Waals surface area (Å²) in [4.78, 5) is 32.3. The maximum Gasteiger partial charge on any atom is 0.257 e. The lowest BCUT2D eigenvalue weighted by atomic mass is 10.2. The van der Waals surface area contributed by atoms with Crippen LogP contribution in [0.15, 0.2) is 81.7 Å². The van der Waals surface area contributed by atoms with E-state index >= 15 is 0 Å². The third-order valence-corrected chi connectivity index (χ3v) is 5.18. The van der Waals surface area contributed by atoms with Gasteiger partial charge < -0.3 is 4.98 Å². The molecule has 2 N–H and O–H groups in total. The number of rotatable bonds is 5. The molecule has 2 heterocycles. The van der Waals surface area contributed by atoms with E-state index in [1.54, 1.807) is 12.3 Å². The minimum atomic E-state index is -0.258. The Morgan fingerprint density at radius 3 is 2.86 bits per heavy atom. The van der Waals surface area contributed by atoms with Crippen LogP contribution in [-0.2, 0) is 4.79 Å². The molecular formula is C21H16N4O2S. The van der Waals surface area contributed by atoms with Gasteiger partial charge in [-0.2, -0.15) is 5.10 Å². The standard InChI is InChI=1S/C21H16N4O2S/c26-19(13-28-18-9-3-6-14-7-4-10-22-20(14)18)25-23-12-16-11-15-5-1-2-8-17(15)24-21(16)27/h1-12H,13H2,(H,24,27)(H,25,26)/b23-12+. The summed E-state index contributed by atoms with van der Waals surface area (Å²) in [6.45, 7) is 0. The van der Waals surface area contributed by atoms with Gasteiger partial charge in [0.1, 0.15) is 0 Å². The number of thioether (sulfide) groups is 1. The second-order valence-corrected chi connectivity index (χ2v) is 7.07. The molecule has 28 heavy (non-hydrogen) atoms. The van der Waals surface area contributed by atoms with Crippen molar-refractivity contribution in [1.82, 2.24) is 15.4 Å². The van der Waals surface area contributed by atoms with Crippen LogP contribution in [0.4, 0.5) is 0 Å². The smallest absolute Gasteiger partial charge is 0.257 e. The first-order chi connectivity index (χ1) is 13.7. The van der Waals surface area contributed by atoms with Crippen LogP contribution in [0.2, 0.25) is 0 Å². The molecule has 0 aliphatic carbocycles. The van der Waals surface area contributed by atoms with E-state index in [2.05, 4.69) is 20.5 Å². The number of hydrogen-bond donors (Lipinski definition) is 2. The van der Waals surface area contributed by atoms with Crippen LogP contribution in [0.1, 0.15) is 5.56 Å². The molecular weight excluding hydrogens is 372 g/mol. The maximum absolute atomic E-state index is 12.1. The Balaban J connectivity index is 1.40. The van der Waals surface area contributed by atoms with E-state index in [0.717, 1.165) is 26.7 Å². The third-order valence-electron chi connectivity index (χ3n) is 4.13. The predicted octanol–water partition coefficient (Wildman–Crippen LogP) is 3.32. The molecule has 0 saturated carbocycles. The highest BCUT2D eigenvalue weighted by Crippen LogP contribution is 2.25. The summed E-state index contributed by atoms with van der Waals surface area (Å²) in [5, 5.41) is 5.84. The predicted molar refractivity (Wildman–Crippen MR) is 113 cm³/mol.